The van der Waals surface area contributed by atoms with E-state index in [4.69, 9.17) is 10.5 Å². The van der Waals surface area contributed by atoms with Gasteiger partial charge in [0.05, 0.1) is 23.6 Å². The quantitative estimate of drug-likeness (QED) is 0.0724. The van der Waals surface area contributed by atoms with Gasteiger partial charge in [-0.2, -0.15) is 0 Å². The lowest BCUT2D eigenvalue weighted by Crippen LogP contribution is -2.60. The number of nitrogens with zero attached hydrogens (tertiary/aromatic N) is 4. The Kier molecular flexibility index (Phi) is 16.2. The minimum atomic E-state index is -1.28. The zero-order valence-corrected chi connectivity index (χ0v) is 42.5. The molecule has 4 aromatic rings. The number of imide groups is 1. The summed E-state index contributed by atoms with van der Waals surface area (Å²) >= 11 is 0. The normalized spacial score (nSPS) is 21.4. The van der Waals surface area contributed by atoms with Gasteiger partial charge < -0.3 is 36.2 Å². The van der Waals surface area contributed by atoms with E-state index in [0.29, 0.717) is 29.5 Å². The van der Waals surface area contributed by atoms with Crippen LogP contribution < -0.4 is 32.7 Å². The van der Waals surface area contributed by atoms with Crippen LogP contribution in [0.5, 0.6) is 0 Å². The smallest absolute Gasteiger partial charge is 0.408 e. The van der Waals surface area contributed by atoms with Crippen LogP contribution in [-0.2, 0) is 45.3 Å². The third-order valence-corrected chi connectivity index (χ3v) is 14.6. The number of piperidine rings is 1. The highest BCUT2D eigenvalue weighted by atomic mass is 16.6. The Bertz CT molecular complexity index is 2840. The van der Waals surface area contributed by atoms with Crippen LogP contribution in [-0.4, -0.2) is 103 Å². The Morgan fingerprint density at radius 2 is 1.54 bits per heavy atom. The van der Waals surface area contributed by atoms with Crippen LogP contribution in [0.25, 0.3) is 11.0 Å². The highest BCUT2D eigenvalue weighted by molar-refractivity contribution is 6.00. The molecule has 2 saturated heterocycles. The molecule has 8 amide bonds. The monoisotopic (exact) mass is 1010 g/mol. The number of primary amides is 1. The summed E-state index contributed by atoms with van der Waals surface area (Å²) < 4.78 is 8.57. The molecule has 3 aromatic carbocycles. The van der Waals surface area contributed by atoms with Gasteiger partial charge in [-0.25, -0.2) is 9.59 Å². The maximum Gasteiger partial charge on any atom is 0.408 e. The van der Waals surface area contributed by atoms with E-state index in [1.165, 1.54) is 9.47 Å². The van der Waals surface area contributed by atoms with E-state index in [9.17, 15) is 43.2 Å². The van der Waals surface area contributed by atoms with Gasteiger partial charge in [-0.15, -0.1) is 0 Å². The molecule has 1 aromatic heterocycles. The number of alkyl carbamates (subject to hydrolysis) is 1. The van der Waals surface area contributed by atoms with Crippen molar-refractivity contribution >= 4 is 58.5 Å². The van der Waals surface area contributed by atoms with Crippen molar-refractivity contribution in [3.63, 3.8) is 0 Å². The summed E-state index contributed by atoms with van der Waals surface area (Å²) in [5.41, 5.74) is 8.92. The number of nitrogens with two attached hydrogens (primary N) is 1. The molecule has 74 heavy (non-hydrogen) atoms. The van der Waals surface area contributed by atoms with Gasteiger partial charge in [0.2, 0.25) is 35.4 Å². The number of imidazole rings is 1. The number of amides is 8. The largest absolute Gasteiger partial charge is 0.444 e. The highest BCUT2D eigenvalue weighted by Gasteiger charge is 2.43. The molecule has 4 aliphatic rings. The van der Waals surface area contributed by atoms with Gasteiger partial charge in [0.1, 0.15) is 29.8 Å². The Labute approximate surface area is 429 Å². The van der Waals surface area contributed by atoms with E-state index < -0.39 is 71.4 Å². The van der Waals surface area contributed by atoms with E-state index in [-0.39, 0.29) is 75.5 Å². The van der Waals surface area contributed by atoms with Crippen molar-refractivity contribution in [3.8, 4) is 0 Å². The summed E-state index contributed by atoms with van der Waals surface area (Å²) in [6.07, 6.45) is 5.92. The molecule has 19 heteroatoms. The Balaban J connectivity index is 0.882. The Hall–Kier alpha value is -7.57. The molecule has 3 fully saturated rings. The average molecular weight is 1010 g/mol. The number of hydrogen-bond acceptors (Lipinski definition) is 10. The first-order chi connectivity index (χ1) is 35.3. The lowest BCUT2D eigenvalue weighted by Gasteiger charge is -2.37. The number of aromatic nitrogens is 2. The lowest BCUT2D eigenvalue weighted by molar-refractivity contribution is -0.142. The third-order valence-electron chi connectivity index (χ3n) is 14.6. The summed E-state index contributed by atoms with van der Waals surface area (Å²) in [4.78, 5) is 123. The molecule has 1 saturated carbocycles. The summed E-state index contributed by atoms with van der Waals surface area (Å²) in [6, 6.07) is 19.7. The maximum atomic E-state index is 14.7. The first-order valence-electron chi connectivity index (χ1n) is 25.7. The lowest BCUT2D eigenvalue weighted by atomic mass is 9.69. The minimum absolute atomic E-state index is 0.0987. The predicted molar refractivity (Wildman–Crippen MR) is 273 cm³/mol. The van der Waals surface area contributed by atoms with Crippen LogP contribution in [0.15, 0.2) is 95.4 Å². The topological polar surface area (TPSA) is 253 Å². The number of hydrogen-bond donors (Lipinski definition) is 5. The summed E-state index contributed by atoms with van der Waals surface area (Å²) in [6.45, 7) is 5.13. The molecule has 0 radical (unpaired) electrons. The van der Waals surface area contributed by atoms with Crippen LogP contribution >= 0.6 is 0 Å². The van der Waals surface area contributed by atoms with E-state index in [0.717, 1.165) is 47.9 Å². The van der Waals surface area contributed by atoms with Crippen molar-refractivity contribution in [2.24, 2.45) is 18.7 Å². The molecule has 1 aliphatic carbocycles. The fourth-order valence-corrected chi connectivity index (χ4v) is 10.7. The van der Waals surface area contributed by atoms with Crippen LogP contribution in [0.3, 0.4) is 0 Å². The molecule has 3 aliphatic heterocycles. The molecule has 0 bridgehead atoms. The van der Waals surface area contributed by atoms with Gasteiger partial charge in [0, 0.05) is 45.0 Å². The number of carbonyl (C=O) groups is 8. The second-order valence-corrected chi connectivity index (χ2v) is 21.0. The van der Waals surface area contributed by atoms with Gasteiger partial charge in [-0.3, -0.25) is 48.0 Å². The predicted octanol–water partition coefficient (Wildman–Crippen LogP) is 4.64. The SMILES string of the molecule is Cn1c(=O)n(C2CCC(=O)NC2=O)c2ccc(C3CC(CCCCC(=O)N4CCC5=CC[C@@H](C(=O)N[C@@H](CCC(N)=O)C(=O)NC(c6ccccc6)c6ccccc6)N5C(=O)[C@@H](NC(=O)OC(C)(C)C)C4)C3)cc21. The fourth-order valence-electron chi connectivity index (χ4n) is 10.7. The number of aryl methyl sites for hydroxylation is 1. The highest BCUT2D eigenvalue weighted by Crippen LogP contribution is 2.45. The average Bonchev–Trinajstić information content (AvgIpc) is 3.88. The van der Waals surface area contributed by atoms with Crippen molar-refractivity contribution in [1.29, 1.82) is 0 Å². The summed E-state index contributed by atoms with van der Waals surface area (Å²) in [7, 11) is 1.69. The Morgan fingerprint density at radius 1 is 0.851 bits per heavy atom. The van der Waals surface area contributed by atoms with Crippen molar-refractivity contribution in [1.82, 2.24) is 40.2 Å². The summed E-state index contributed by atoms with van der Waals surface area (Å²) in [5.74, 6) is -2.67. The van der Waals surface area contributed by atoms with Crippen molar-refractivity contribution in [3.05, 3.63) is 118 Å². The summed E-state index contributed by atoms with van der Waals surface area (Å²) in [5, 5.41) is 10.9. The molecule has 1 unspecified atom stereocenters. The van der Waals surface area contributed by atoms with E-state index in [1.54, 1.807) is 43.4 Å². The van der Waals surface area contributed by atoms with Gasteiger partial charge in [0.15, 0.2) is 0 Å². The molecule has 0 spiro atoms. The molecule has 19 nitrogen and oxygen atoms in total. The number of nitrogens with one attached hydrogen (secondary N) is 4. The number of carbonyl (C=O) groups excluding carboxylic acids is 8. The molecule has 392 valence electrons. The van der Waals surface area contributed by atoms with Crippen molar-refractivity contribution in [2.45, 2.75) is 140 Å². The van der Waals surface area contributed by atoms with Crippen molar-refractivity contribution < 1.29 is 43.1 Å². The number of ether oxygens (including phenoxy) is 1. The molecule has 4 heterocycles. The molecule has 6 N–H and O–H groups in total. The molecule has 8 rings (SSSR count). The first kappa shape index (κ1) is 52.7. The van der Waals surface area contributed by atoms with Crippen LogP contribution in [0.1, 0.15) is 133 Å². The minimum Gasteiger partial charge on any atom is -0.444 e. The van der Waals surface area contributed by atoms with Crippen LogP contribution in [0.2, 0.25) is 0 Å². The number of unbranched alkanes of at least 4 members (excludes halogenated alkanes) is 1. The standard InChI is InChI=1S/C55H67N9O10/c1-55(2,3)74-53(72)58-40-32-62(47(67)18-12-11-13-33-29-37(30-33)36-19-22-41-44(31-36)61(4)54(73)64(41)43-24-26-46(66)59-51(43)70)28-27-38-20-23-42(63(38)52(40)71)50(69)57-39(21-25-45(56)65)49(68)60-48(34-14-7-5-8-15-34)35-16-9-6-10-17-35/h5-10,14-17,19-20,22,31,33,37,39-40,42-43,48H,11-13,18,21,23-30,32H2,1-4H3,(H2,56,65)(H,57,69)(H,58,72)(H,60,68)(H,59,66,70)/t33?,37?,39-,40-,42-,43?/m0/s1. The van der Waals surface area contributed by atoms with E-state index in [1.807, 2.05) is 78.9 Å². The maximum absolute atomic E-state index is 14.7. The number of rotatable bonds is 17. The van der Waals surface area contributed by atoms with Gasteiger partial charge in [0.25, 0.3) is 5.91 Å². The third kappa shape index (κ3) is 12.3. The molecular weight excluding hydrogens is 947 g/mol. The zero-order valence-electron chi connectivity index (χ0n) is 42.5. The Morgan fingerprint density at radius 3 is 2.19 bits per heavy atom. The number of benzene rings is 3. The molecule has 4 atom stereocenters. The van der Waals surface area contributed by atoms with Gasteiger partial charge in [-0.05, 0) is 100.0 Å². The van der Waals surface area contributed by atoms with Crippen molar-refractivity contribution in [2.75, 3.05) is 13.1 Å². The second-order valence-electron chi connectivity index (χ2n) is 21.0. The van der Waals surface area contributed by atoms with Crippen LogP contribution in [0.4, 0.5) is 4.79 Å². The van der Waals surface area contributed by atoms with Gasteiger partial charge in [-0.1, -0.05) is 85.6 Å². The second kappa shape index (κ2) is 22.7. The van der Waals surface area contributed by atoms with E-state index in [2.05, 4.69) is 21.3 Å². The van der Waals surface area contributed by atoms with Crippen LogP contribution in [0, 0.1) is 5.92 Å². The molecular formula is C55H67N9O10. The van der Waals surface area contributed by atoms with Gasteiger partial charge >= 0.3 is 11.8 Å². The number of fused-ring (bicyclic) bond motifs is 2. The first-order valence-corrected chi connectivity index (χ1v) is 25.7. The zero-order chi connectivity index (χ0) is 52.8. The van der Waals surface area contributed by atoms with E-state index >= 15 is 0 Å². The fraction of sp³-hybridized carbons (Fsp3) is 0.473.